The molecular weight excluding hydrogens is 911 g/mol. The molecule has 1 spiro atoms. The van der Waals surface area contributed by atoms with Crippen molar-refractivity contribution in [3.63, 3.8) is 0 Å². The fraction of sp³-hybridized carbons (Fsp3) is 0.509. The minimum absolute atomic E-state index is 0. The fourth-order valence-electron chi connectivity index (χ4n) is 11.7. The number of benzene rings is 3. The number of aliphatic imine (C=N–C) groups is 1. The maximum atomic E-state index is 14.0. The van der Waals surface area contributed by atoms with E-state index in [0.29, 0.717) is 86.6 Å². The maximum absolute atomic E-state index is 14.0. The Bertz CT molecular complexity index is 2590. The first kappa shape index (κ1) is 49.2. The summed E-state index contributed by atoms with van der Waals surface area (Å²) in [6.07, 6.45) is 15.6. The Hall–Kier alpha value is -5.75. The van der Waals surface area contributed by atoms with Crippen LogP contribution in [0.3, 0.4) is 0 Å². The smallest absolute Gasteiger partial charge is 0.412 e. The van der Waals surface area contributed by atoms with Crippen molar-refractivity contribution < 1.29 is 44.6 Å². The number of piperazine rings is 1. The summed E-state index contributed by atoms with van der Waals surface area (Å²) in [4.78, 5) is 53.7. The zero-order chi connectivity index (χ0) is 48.8. The standard InChI is InChI=1S/C53H67N7O9S.2H2/c1-4-67-46-17-10-9-16-44(46)60-49(55-42-15-8-7-14-41(42)51(60)62)35-57-28-30-58(31-29-57)50(61)36-68-38-20-22-40(23-21-38)70(64,65)54-26-11-5-6-12-27-59-47-18-13-25-53(47)34-39(33-48(53)59)69-52(63)56-43-32-37(2)19-24-45(43)66-3;;/h7-10,14-17,19-24,32,39,41,47-49,54H,4-6,11-13,18,25-31,33-36H2,1-3H3,(H,56,63);2*1H. The molecule has 9 rings (SSSR count). The van der Waals surface area contributed by atoms with Crippen LogP contribution in [0.15, 0.2) is 101 Å². The Morgan fingerprint density at radius 2 is 1.73 bits per heavy atom. The summed E-state index contributed by atoms with van der Waals surface area (Å²) < 4.78 is 52.2. The van der Waals surface area contributed by atoms with Gasteiger partial charge in [0.15, 0.2) is 6.61 Å². The van der Waals surface area contributed by atoms with E-state index in [9.17, 15) is 22.8 Å². The van der Waals surface area contributed by atoms with E-state index < -0.39 is 28.2 Å². The molecule has 3 aliphatic heterocycles. The molecule has 3 aliphatic carbocycles. The van der Waals surface area contributed by atoms with Crippen molar-refractivity contribution >= 4 is 45.0 Å². The summed E-state index contributed by atoms with van der Waals surface area (Å²) in [7, 11) is -2.13. The van der Waals surface area contributed by atoms with Gasteiger partial charge < -0.3 is 23.8 Å². The van der Waals surface area contributed by atoms with E-state index in [0.717, 1.165) is 56.3 Å². The quantitative estimate of drug-likeness (QED) is 0.108. The molecule has 2 saturated carbocycles. The molecule has 0 aromatic heterocycles. The molecule has 3 aromatic carbocycles. The second-order valence-corrected chi connectivity index (χ2v) is 21.1. The number of fused-ring (bicyclic) bond motifs is 1. The van der Waals surface area contributed by atoms with Crippen LogP contribution in [0.1, 0.15) is 73.1 Å². The number of carbonyl (C=O) groups excluding carboxylic acids is 3. The lowest BCUT2D eigenvalue weighted by Gasteiger charge is -2.58. The molecule has 2 saturated heterocycles. The second kappa shape index (κ2) is 21.7. The predicted octanol–water partition coefficient (Wildman–Crippen LogP) is 7.45. The van der Waals surface area contributed by atoms with Gasteiger partial charge >= 0.3 is 6.09 Å². The number of nitrogens with one attached hydrogen (secondary N) is 2. The molecule has 378 valence electrons. The van der Waals surface area contributed by atoms with Crippen LogP contribution < -0.4 is 29.1 Å². The third-order valence-electron chi connectivity index (χ3n) is 15.0. The van der Waals surface area contributed by atoms with Crippen molar-refractivity contribution in [1.29, 1.82) is 0 Å². The number of sulfonamides is 1. The number of likely N-dealkylation sites (tertiary alicyclic amines) is 1. The van der Waals surface area contributed by atoms with Crippen molar-refractivity contribution in [3.8, 4) is 17.2 Å². The number of nitrogens with zero attached hydrogens (tertiary/aromatic N) is 5. The molecule has 3 aromatic rings. The molecule has 16 nitrogen and oxygen atoms in total. The number of methoxy groups -OCH3 is 1. The lowest BCUT2D eigenvalue weighted by molar-refractivity contribution is -0.135. The third kappa shape index (κ3) is 10.6. The van der Waals surface area contributed by atoms with E-state index in [2.05, 4.69) is 19.8 Å². The lowest BCUT2D eigenvalue weighted by Crippen LogP contribution is -2.66. The van der Waals surface area contributed by atoms with Crippen LogP contribution in [0.2, 0.25) is 0 Å². The minimum atomic E-state index is -3.72. The number of amides is 3. The Morgan fingerprint density at radius 1 is 0.929 bits per heavy atom. The zero-order valence-electron chi connectivity index (χ0n) is 40.6. The second-order valence-electron chi connectivity index (χ2n) is 19.3. The Kier molecular flexibility index (Phi) is 15.3. The SMILES string of the molecule is CCOc1ccccc1N1C(=O)C2C=CC=CC2=NC1CN1CCN(C(=O)COc2ccc(S(=O)(=O)NCCCCCCN3C4CCCC45CC(OC(=O)Nc4cc(C)ccc4OC)CC35)cc2)CC1.[HH].[HH]. The first-order valence-electron chi connectivity index (χ1n) is 25.0. The van der Waals surface area contributed by atoms with Crippen molar-refractivity contribution in [2.75, 3.05) is 76.4 Å². The molecule has 3 amide bonds. The Balaban J connectivity index is 0.00000380. The molecule has 17 heteroatoms. The molecule has 70 heavy (non-hydrogen) atoms. The van der Waals surface area contributed by atoms with Crippen molar-refractivity contribution in [2.24, 2.45) is 16.3 Å². The van der Waals surface area contributed by atoms with Gasteiger partial charge in [0.1, 0.15) is 29.5 Å². The summed E-state index contributed by atoms with van der Waals surface area (Å²) in [5, 5.41) is 2.89. The number of anilines is 2. The van der Waals surface area contributed by atoms with Gasteiger partial charge in [-0.15, -0.1) is 0 Å². The Morgan fingerprint density at radius 3 is 2.53 bits per heavy atom. The first-order valence-corrected chi connectivity index (χ1v) is 26.5. The zero-order valence-corrected chi connectivity index (χ0v) is 41.4. The summed E-state index contributed by atoms with van der Waals surface area (Å²) in [6.45, 7) is 8.23. The molecule has 3 heterocycles. The highest BCUT2D eigenvalue weighted by atomic mass is 32.2. The van der Waals surface area contributed by atoms with Crippen LogP contribution in [-0.4, -0.2) is 137 Å². The van der Waals surface area contributed by atoms with Crippen molar-refractivity contribution in [3.05, 3.63) is 96.6 Å². The number of hydrogen-bond donors (Lipinski definition) is 2. The van der Waals surface area contributed by atoms with Crippen molar-refractivity contribution in [2.45, 2.75) is 101 Å². The summed E-state index contributed by atoms with van der Waals surface area (Å²) in [5.74, 6) is 0.992. The van der Waals surface area contributed by atoms with Gasteiger partial charge in [0.2, 0.25) is 15.9 Å². The van der Waals surface area contributed by atoms with Crippen LogP contribution >= 0.6 is 0 Å². The highest BCUT2D eigenvalue weighted by Crippen LogP contribution is 2.63. The predicted molar refractivity (Wildman–Crippen MR) is 272 cm³/mol. The molecular formula is C53H71N7O9S. The highest BCUT2D eigenvalue weighted by Gasteiger charge is 2.66. The van der Waals surface area contributed by atoms with Gasteiger partial charge in [0, 0.05) is 66.0 Å². The normalized spacial score (nSPS) is 25.1. The molecule has 6 atom stereocenters. The number of rotatable bonds is 20. The Labute approximate surface area is 415 Å². The van der Waals surface area contributed by atoms with Crippen LogP contribution in [0.5, 0.6) is 17.2 Å². The van der Waals surface area contributed by atoms with Gasteiger partial charge in [-0.2, -0.15) is 0 Å². The van der Waals surface area contributed by atoms with E-state index in [1.807, 2.05) is 80.6 Å². The van der Waals surface area contributed by atoms with E-state index in [4.69, 9.17) is 23.9 Å². The fourth-order valence-corrected chi connectivity index (χ4v) is 12.8. The maximum Gasteiger partial charge on any atom is 0.412 e. The van der Waals surface area contributed by atoms with E-state index >= 15 is 0 Å². The van der Waals surface area contributed by atoms with Gasteiger partial charge in [0.25, 0.3) is 5.91 Å². The number of allylic oxidation sites excluding steroid dienone is 3. The van der Waals surface area contributed by atoms with E-state index in [-0.39, 0.29) is 37.7 Å². The summed E-state index contributed by atoms with van der Waals surface area (Å²) >= 11 is 0. The van der Waals surface area contributed by atoms with Crippen LogP contribution in [0.25, 0.3) is 0 Å². The largest absolute Gasteiger partial charge is 0.495 e. The molecule has 6 aliphatic rings. The first-order chi connectivity index (χ1) is 34.0. The van der Waals surface area contributed by atoms with Gasteiger partial charge in [-0.1, -0.05) is 55.7 Å². The van der Waals surface area contributed by atoms with Gasteiger partial charge in [-0.05, 0) is 113 Å². The van der Waals surface area contributed by atoms with E-state index in [1.165, 1.54) is 31.4 Å². The topological polar surface area (TPSA) is 172 Å². The monoisotopic (exact) mass is 982 g/mol. The number of aryl methyl sites for hydroxylation is 1. The average molecular weight is 982 g/mol. The van der Waals surface area contributed by atoms with Gasteiger partial charge in [-0.3, -0.25) is 34.6 Å². The van der Waals surface area contributed by atoms with E-state index in [1.54, 1.807) is 29.0 Å². The number of ether oxygens (including phenoxy) is 4. The van der Waals surface area contributed by atoms with Gasteiger partial charge in [-0.25, -0.2) is 17.9 Å². The molecule has 4 fully saturated rings. The number of carbonyl (C=O) groups is 3. The number of unbranched alkanes of at least 4 members (excludes halogenated alkanes) is 3. The highest BCUT2D eigenvalue weighted by molar-refractivity contribution is 7.89. The van der Waals surface area contributed by atoms with Crippen LogP contribution in [0.4, 0.5) is 16.2 Å². The van der Waals surface area contributed by atoms with Gasteiger partial charge in [0.05, 0.1) is 41.6 Å². The number of hydrogen-bond acceptors (Lipinski definition) is 12. The average Bonchev–Trinajstić information content (AvgIpc) is 3.88. The number of para-hydroxylation sites is 2. The summed E-state index contributed by atoms with van der Waals surface area (Å²) in [6, 6.07) is 20.4. The molecule has 0 radical (unpaired) electrons. The van der Waals surface area contributed by atoms with Crippen LogP contribution in [-0.2, 0) is 24.3 Å². The molecule has 2 N–H and O–H groups in total. The third-order valence-corrected chi connectivity index (χ3v) is 16.5. The summed E-state index contributed by atoms with van der Waals surface area (Å²) in [5.41, 5.74) is 3.32. The van der Waals surface area contributed by atoms with Crippen molar-refractivity contribution in [1.82, 2.24) is 19.4 Å². The van der Waals surface area contributed by atoms with Crippen LogP contribution in [0, 0.1) is 18.3 Å². The minimum Gasteiger partial charge on any atom is -0.495 e. The molecule has 0 bridgehead atoms. The molecule has 6 unspecified atom stereocenters. The lowest BCUT2D eigenvalue weighted by atomic mass is 9.68.